The molecule has 1 aromatic carbocycles. The Bertz CT molecular complexity index is 785. The Kier molecular flexibility index (Phi) is 6.67. The van der Waals surface area contributed by atoms with Crippen molar-refractivity contribution in [1.29, 1.82) is 0 Å². The fraction of sp³-hybridized carbons (Fsp3) is 0.667. The van der Waals surface area contributed by atoms with Gasteiger partial charge in [0.2, 0.25) is 5.91 Å². The molecule has 2 fully saturated rings. The maximum atomic E-state index is 13.4. The Morgan fingerprint density at radius 1 is 1.16 bits per heavy atom. The highest BCUT2D eigenvalue weighted by Gasteiger charge is 2.55. The second kappa shape index (κ2) is 8.79. The molecular weight excluding hydrogens is 392 g/mol. The number of benzene rings is 1. The van der Waals surface area contributed by atoms with Crippen molar-refractivity contribution in [3.8, 4) is 0 Å². The summed E-state index contributed by atoms with van der Waals surface area (Å²) >= 11 is 0. The number of nitrogens with zero attached hydrogens (tertiary/aromatic N) is 3. The normalized spacial score (nSPS) is 26.8. The van der Waals surface area contributed by atoms with Gasteiger partial charge in [-0.2, -0.15) is 0 Å². The highest BCUT2D eigenvalue weighted by Crippen LogP contribution is 2.49. The summed E-state index contributed by atoms with van der Waals surface area (Å²) in [7, 11) is 5.96. The van der Waals surface area contributed by atoms with Gasteiger partial charge < -0.3 is 20.3 Å². The molecule has 1 aliphatic heterocycles. The van der Waals surface area contributed by atoms with Crippen LogP contribution in [0.4, 0.5) is 4.79 Å². The van der Waals surface area contributed by atoms with Gasteiger partial charge in [0.05, 0.1) is 17.6 Å². The summed E-state index contributed by atoms with van der Waals surface area (Å²) in [4.78, 5) is 31.4. The van der Waals surface area contributed by atoms with E-state index < -0.39 is 5.41 Å². The molecule has 31 heavy (non-hydrogen) atoms. The minimum Gasteiger partial charge on any atom is -0.383 e. The van der Waals surface area contributed by atoms with E-state index in [9.17, 15) is 9.59 Å². The first-order chi connectivity index (χ1) is 14.6. The van der Waals surface area contributed by atoms with E-state index in [1.807, 2.05) is 9.80 Å². The molecule has 7 heteroatoms. The van der Waals surface area contributed by atoms with Gasteiger partial charge in [0.1, 0.15) is 0 Å². The van der Waals surface area contributed by atoms with Crippen LogP contribution in [0.5, 0.6) is 0 Å². The monoisotopic (exact) mass is 430 g/mol. The maximum absolute atomic E-state index is 13.4. The molecular formula is C24H38N4O3. The first-order valence-electron chi connectivity index (χ1n) is 11.2. The van der Waals surface area contributed by atoms with Gasteiger partial charge in [-0.25, -0.2) is 4.79 Å². The van der Waals surface area contributed by atoms with Crippen LogP contribution in [0.2, 0.25) is 0 Å². The van der Waals surface area contributed by atoms with Crippen LogP contribution in [0.3, 0.4) is 0 Å². The van der Waals surface area contributed by atoms with Crippen molar-refractivity contribution in [3.63, 3.8) is 0 Å². The zero-order valence-electron chi connectivity index (χ0n) is 19.7. The van der Waals surface area contributed by atoms with Crippen molar-refractivity contribution in [3.05, 3.63) is 35.9 Å². The summed E-state index contributed by atoms with van der Waals surface area (Å²) in [6.45, 7) is 5.64. The van der Waals surface area contributed by atoms with Gasteiger partial charge in [-0.15, -0.1) is 0 Å². The van der Waals surface area contributed by atoms with Gasteiger partial charge in [0, 0.05) is 32.3 Å². The molecule has 1 spiro atoms. The van der Waals surface area contributed by atoms with Crippen molar-refractivity contribution < 1.29 is 14.3 Å². The number of primary amides is 1. The van der Waals surface area contributed by atoms with Gasteiger partial charge in [-0.1, -0.05) is 30.3 Å². The number of methoxy groups -OCH3 is 1. The van der Waals surface area contributed by atoms with Crippen molar-refractivity contribution in [2.45, 2.75) is 50.6 Å². The second-order valence-corrected chi connectivity index (χ2v) is 10.0. The largest absolute Gasteiger partial charge is 0.383 e. The lowest BCUT2D eigenvalue weighted by molar-refractivity contribution is -0.126. The molecule has 0 bridgehead atoms. The number of carbonyl (C=O) groups is 2. The van der Waals surface area contributed by atoms with Crippen LogP contribution in [0, 0.1) is 5.41 Å². The third kappa shape index (κ3) is 4.30. The zero-order valence-corrected chi connectivity index (χ0v) is 19.7. The van der Waals surface area contributed by atoms with Crippen LogP contribution in [0.1, 0.15) is 45.1 Å². The number of urea groups is 1. The Hall–Kier alpha value is -2.12. The lowest BCUT2D eigenvalue weighted by Crippen LogP contribution is -2.56. The summed E-state index contributed by atoms with van der Waals surface area (Å²) < 4.78 is 5.31. The Morgan fingerprint density at radius 3 is 2.29 bits per heavy atom. The van der Waals surface area contributed by atoms with Crippen LogP contribution in [0.25, 0.3) is 0 Å². The standard InChI is InChI=1S/C24H38N4O3/c1-22(2,20(25)29)17-27-18-23(28(21(27)30)15-16-31-5)11-13-24(14-12-23,26(3)4)19-9-7-6-8-10-19/h6-10H,11-18H2,1-5H3,(H2,25,29). The summed E-state index contributed by atoms with van der Waals surface area (Å²) in [6.07, 6.45) is 3.74. The minimum atomic E-state index is -0.764. The van der Waals surface area contributed by atoms with Crippen LogP contribution < -0.4 is 5.73 Å². The number of ether oxygens (including phenoxy) is 1. The molecule has 0 atom stereocenters. The molecule has 172 valence electrons. The SMILES string of the molecule is COCCN1C(=O)N(CC(C)(C)C(N)=O)CC12CCC(c1ccccc1)(N(C)C)CC2. The number of amides is 3. The fourth-order valence-corrected chi connectivity index (χ4v) is 5.38. The highest BCUT2D eigenvalue weighted by molar-refractivity contribution is 5.83. The van der Waals surface area contributed by atoms with E-state index >= 15 is 0 Å². The molecule has 2 N–H and O–H groups in total. The number of carbonyl (C=O) groups excluding carboxylic acids is 2. The molecule has 1 heterocycles. The highest BCUT2D eigenvalue weighted by atomic mass is 16.5. The van der Waals surface area contributed by atoms with Gasteiger partial charge in [0.25, 0.3) is 0 Å². The van der Waals surface area contributed by atoms with Crippen LogP contribution >= 0.6 is 0 Å². The van der Waals surface area contributed by atoms with Crippen molar-refractivity contribution >= 4 is 11.9 Å². The number of hydrogen-bond acceptors (Lipinski definition) is 4. The molecule has 2 aliphatic rings. The third-order valence-electron chi connectivity index (χ3n) is 7.51. The quantitative estimate of drug-likeness (QED) is 0.688. The Labute approximate surface area is 186 Å². The van der Waals surface area contributed by atoms with Gasteiger partial charge >= 0.3 is 6.03 Å². The number of hydrogen-bond donors (Lipinski definition) is 1. The Balaban J connectivity index is 1.87. The van der Waals surface area contributed by atoms with Crippen LogP contribution in [0.15, 0.2) is 30.3 Å². The summed E-state index contributed by atoms with van der Waals surface area (Å²) in [6, 6.07) is 10.7. The second-order valence-electron chi connectivity index (χ2n) is 10.0. The number of rotatable bonds is 8. The fourth-order valence-electron chi connectivity index (χ4n) is 5.38. The average Bonchev–Trinajstić information content (AvgIpc) is 2.97. The molecule has 7 nitrogen and oxygen atoms in total. The molecule has 3 rings (SSSR count). The first kappa shape index (κ1) is 23.5. The smallest absolute Gasteiger partial charge is 0.320 e. The molecule has 0 radical (unpaired) electrons. The molecule has 1 aliphatic carbocycles. The van der Waals surface area contributed by atoms with Gasteiger partial charge in [0.15, 0.2) is 0 Å². The van der Waals surface area contributed by atoms with Crippen LogP contribution in [-0.2, 0) is 15.1 Å². The minimum absolute atomic E-state index is 0.0107. The lowest BCUT2D eigenvalue weighted by Gasteiger charge is -2.51. The van der Waals surface area contributed by atoms with Gasteiger partial charge in [-0.05, 0) is 59.2 Å². The molecule has 1 saturated heterocycles. The van der Waals surface area contributed by atoms with E-state index in [0.29, 0.717) is 26.2 Å². The zero-order chi connectivity index (χ0) is 22.9. The topological polar surface area (TPSA) is 79.1 Å². The lowest BCUT2D eigenvalue weighted by atomic mass is 9.68. The van der Waals surface area contributed by atoms with Gasteiger partial charge in [-0.3, -0.25) is 9.69 Å². The van der Waals surface area contributed by atoms with Crippen molar-refractivity contribution in [2.75, 3.05) is 47.4 Å². The summed E-state index contributed by atoms with van der Waals surface area (Å²) in [5.41, 5.74) is 5.88. The third-order valence-corrected chi connectivity index (χ3v) is 7.51. The van der Waals surface area contributed by atoms with E-state index in [0.717, 1.165) is 25.7 Å². The molecule has 1 saturated carbocycles. The molecule has 0 unspecified atom stereocenters. The average molecular weight is 431 g/mol. The van der Waals surface area contributed by atoms with E-state index in [1.54, 1.807) is 21.0 Å². The van der Waals surface area contributed by atoms with E-state index in [2.05, 4.69) is 49.3 Å². The number of nitrogens with two attached hydrogens (primary N) is 1. The van der Waals surface area contributed by atoms with E-state index in [4.69, 9.17) is 10.5 Å². The van der Waals surface area contributed by atoms with E-state index in [-0.39, 0.29) is 23.0 Å². The van der Waals surface area contributed by atoms with Crippen molar-refractivity contribution in [2.24, 2.45) is 11.1 Å². The maximum Gasteiger partial charge on any atom is 0.320 e. The van der Waals surface area contributed by atoms with Crippen LogP contribution in [-0.4, -0.2) is 79.6 Å². The predicted molar refractivity (Wildman–Crippen MR) is 122 cm³/mol. The molecule has 3 amide bonds. The van der Waals surface area contributed by atoms with E-state index in [1.165, 1.54) is 5.56 Å². The molecule has 0 aromatic heterocycles. The molecule has 1 aromatic rings. The summed E-state index contributed by atoms with van der Waals surface area (Å²) in [5.74, 6) is -0.385. The predicted octanol–water partition coefficient (Wildman–Crippen LogP) is 2.65. The van der Waals surface area contributed by atoms with Crippen molar-refractivity contribution in [1.82, 2.24) is 14.7 Å². The Morgan fingerprint density at radius 2 is 1.77 bits per heavy atom. The first-order valence-corrected chi connectivity index (χ1v) is 11.2. The summed E-state index contributed by atoms with van der Waals surface area (Å²) in [5, 5.41) is 0.